The van der Waals surface area contributed by atoms with Gasteiger partial charge in [-0.3, -0.25) is 9.69 Å². The van der Waals surface area contributed by atoms with Crippen molar-refractivity contribution in [3.63, 3.8) is 0 Å². The number of aryl methyl sites for hydroxylation is 1. The first-order chi connectivity index (χ1) is 9.42. The molecule has 0 aliphatic carbocycles. The zero-order valence-electron chi connectivity index (χ0n) is 12.3. The summed E-state index contributed by atoms with van der Waals surface area (Å²) < 4.78 is 0. The molecule has 1 aliphatic rings. The molecule has 0 saturated carbocycles. The van der Waals surface area contributed by atoms with Gasteiger partial charge in [0.1, 0.15) is 5.54 Å². The molecule has 1 aromatic rings. The molecule has 20 heavy (non-hydrogen) atoms. The van der Waals surface area contributed by atoms with E-state index in [-0.39, 0.29) is 17.9 Å². The lowest BCUT2D eigenvalue weighted by molar-refractivity contribution is -0.131. The summed E-state index contributed by atoms with van der Waals surface area (Å²) in [5, 5.41) is 2.84. The first kappa shape index (κ1) is 14.6. The quantitative estimate of drug-likeness (QED) is 0.839. The highest BCUT2D eigenvalue weighted by Crippen LogP contribution is 2.24. The molecule has 0 bridgehead atoms. The number of hydrogen-bond donors (Lipinski definition) is 1. The average Bonchev–Trinajstić information content (AvgIpc) is 2.62. The molecule has 1 heterocycles. The number of amides is 3. The normalized spacial score (nSPS) is 22.5. The first-order valence-corrected chi connectivity index (χ1v) is 7.10. The predicted molar refractivity (Wildman–Crippen MR) is 78.3 cm³/mol. The van der Waals surface area contributed by atoms with E-state index in [1.54, 1.807) is 0 Å². The second kappa shape index (κ2) is 5.65. The van der Waals surface area contributed by atoms with Crippen molar-refractivity contribution in [1.82, 2.24) is 10.2 Å². The molecular weight excluding hydrogens is 252 g/mol. The zero-order valence-corrected chi connectivity index (χ0v) is 12.3. The van der Waals surface area contributed by atoms with Gasteiger partial charge >= 0.3 is 6.03 Å². The number of carbonyl (C=O) groups is 2. The van der Waals surface area contributed by atoms with E-state index < -0.39 is 5.54 Å². The van der Waals surface area contributed by atoms with Crippen molar-refractivity contribution in [1.29, 1.82) is 0 Å². The molecule has 108 valence electrons. The number of nitrogens with one attached hydrogen (secondary N) is 1. The van der Waals surface area contributed by atoms with Crippen molar-refractivity contribution in [2.45, 2.75) is 39.2 Å². The third-order valence-corrected chi connectivity index (χ3v) is 3.65. The van der Waals surface area contributed by atoms with Gasteiger partial charge in [-0.2, -0.15) is 0 Å². The number of hydrogen-bond acceptors (Lipinski definition) is 2. The number of carbonyl (C=O) groups excluding carboxylic acids is 2. The Hall–Kier alpha value is -1.84. The maximum absolute atomic E-state index is 12.4. The fourth-order valence-electron chi connectivity index (χ4n) is 2.49. The number of benzene rings is 1. The maximum Gasteiger partial charge on any atom is 0.325 e. The molecule has 2 rings (SSSR count). The number of imide groups is 1. The van der Waals surface area contributed by atoms with Crippen molar-refractivity contribution in [3.8, 4) is 0 Å². The highest BCUT2D eigenvalue weighted by molar-refractivity contribution is 6.06. The van der Waals surface area contributed by atoms with Crippen LogP contribution in [0.25, 0.3) is 0 Å². The highest BCUT2D eigenvalue weighted by Gasteiger charge is 2.47. The van der Waals surface area contributed by atoms with E-state index in [9.17, 15) is 9.59 Å². The summed E-state index contributed by atoms with van der Waals surface area (Å²) in [4.78, 5) is 25.7. The molecule has 1 aliphatic heterocycles. The molecule has 1 N–H and O–H groups in total. The van der Waals surface area contributed by atoms with Gasteiger partial charge in [-0.15, -0.1) is 0 Å². The standard InChI is InChI=1S/C16H22N2O2/c1-12(2)11-18-14(19)16(3,17-15(18)20)10-9-13-7-5-4-6-8-13/h4-8,12H,9-11H2,1-3H3,(H,17,20)/t16-/m0/s1. The van der Waals surface area contributed by atoms with Gasteiger partial charge < -0.3 is 5.32 Å². The van der Waals surface area contributed by atoms with Crippen molar-refractivity contribution < 1.29 is 9.59 Å². The first-order valence-electron chi connectivity index (χ1n) is 7.10. The third-order valence-electron chi connectivity index (χ3n) is 3.65. The van der Waals surface area contributed by atoms with E-state index in [0.717, 1.165) is 6.42 Å². The summed E-state index contributed by atoms with van der Waals surface area (Å²) in [5.74, 6) is 0.174. The summed E-state index contributed by atoms with van der Waals surface area (Å²) in [5.41, 5.74) is 0.403. The summed E-state index contributed by atoms with van der Waals surface area (Å²) in [6, 6.07) is 9.75. The molecule has 0 aromatic heterocycles. The van der Waals surface area contributed by atoms with Crippen LogP contribution in [0.3, 0.4) is 0 Å². The SMILES string of the molecule is CC(C)CN1C(=O)N[C@@](C)(CCc2ccccc2)C1=O. The van der Waals surface area contributed by atoms with Crippen molar-refractivity contribution in [2.24, 2.45) is 5.92 Å². The van der Waals surface area contributed by atoms with E-state index in [1.165, 1.54) is 10.5 Å². The minimum atomic E-state index is -0.776. The lowest BCUT2D eigenvalue weighted by Gasteiger charge is -2.22. The number of rotatable bonds is 5. The van der Waals surface area contributed by atoms with Gasteiger partial charge in [0.05, 0.1) is 0 Å². The van der Waals surface area contributed by atoms with Crippen LogP contribution in [0.1, 0.15) is 32.8 Å². The van der Waals surface area contributed by atoms with Crippen LogP contribution in [0.4, 0.5) is 4.79 Å². The monoisotopic (exact) mass is 274 g/mol. The second-order valence-corrected chi connectivity index (χ2v) is 6.06. The van der Waals surface area contributed by atoms with Gasteiger partial charge in [0.25, 0.3) is 5.91 Å². The van der Waals surface area contributed by atoms with Gasteiger partial charge in [0.2, 0.25) is 0 Å². The van der Waals surface area contributed by atoms with Gasteiger partial charge in [-0.05, 0) is 31.2 Å². The van der Waals surface area contributed by atoms with Crippen LogP contribution in [0.5, 0.6) is 0 Å². The molecule has 1 fully saturated rings. The molecule has 0 unspecified atom stereocenters. The van der Waals surface area contributed by atoms with Crippen LogP contribution in [0.15, 0.2) is 30.3 Å². The summed E-state index contributed by atoms with van der Waals surface area (Å²) in [6.07, 6.45) is 1.40. The van der Waals surface area contributed by atoms with E-state index >= 15 is 0 Å². The molecular formula is C16H22N2O2. The van der Waals surface area contributed by atoms with E-state index in [2.05, 4.69) is 5.32 Å². The van der Waals surface area contributed by atoms with Gasteiger partial charge in [0.15, 0.2) is 0 Å². The Balaban J connectivity index is 2.04. The van der Waals surface area contributed by atoms with E-state index in [0.29, 0.717) is 13.0 Å². The largest absolute Gasteiger partial charge is 0.325 e. The van der Waals surface area contributed by atoms with Crippen LogP contribution < -0.4 is 5.32 Å². The topological polar surface area (TPSA) is 49.4 Å². The second-order valence-electron chi connectivity index (χ2n) is 6.06. The molecule has 4 heteroatoms. The summed E-state index contributed by atoms with van der Waals surface area (Å²) in [6.45, 7) is 6.29. The molecule has 3 amide bonds. The van der Waals surface area contributed by atoms with Crippen LogP contribution in [-0.2, 0) is 11.2 Å². The molecule has 1 atom stereocenters. The highest BCUT2D eigenvalue weighted by atomic mass is 16.2. The third kappa shape index (κ3) is 3.00. The average molecular weight is 274 g/mol. The van der Waals surface area contributed by atoms with Gasteiger partial charge in [-0.25, -0.2) is 4.79 Å². The fourth-order valence-corrected chi connectivity index (χ4v) is 2.49. The molecule has 1 aromatic carbocycles. The van der Waals surface area contributed by atoms with Gasteiger partial charge in [0, 0.05) is 6.54 Å². The number of nitrogens with zero attached hydrogens (tertiary/aromatic N) is 1. The number of urea groups is 1. The minimum absolute atomic E-state index is 0.105. The van der Waals surface area contributed by atoms with Crippen molar-refractivity contribution >= 4 is 11.9 Å². The summed E-state index contributed by atoms with van der Waals surface area (Å²) >= 11 is 0. The zero-order chi connectivity index (χ0) is 14.8. The molecule has 0 radical (unpaired) electrons. The molecule has 0 spiro atoms. The van der Waals surface area contributed by atoms with Crippen molar-refractivity contribution in [3.05, 3.63) is 35.9 Å². The lowest BCUT2D eigenvalue weighted by Crippen LogP contribution is -2.44. The van der Waals surface area contributed by atoms with Crippen molar-refractivity contribution in [2.75, 3.05) is 6.54 Å². The smallest absolute Gasteiger partial charge is 0.323 e. The van der Waals surface area contributed by atoms with Crippen LogP contribution >= 0.6 is 0 Å². The van der Waals surface area contributed by atoms with E-state index in [4.69, 9.17) is 0 Å². The Bertz CT molecular complexity index is 498. The Morgan fingerprint density at radius 3 is 2.45 bits per heavy atom. The Kier molecular flexibility index (Phi) is 4.12. The predicted octanol–water partition coefficient (Wildman–Crippen LogP) is 2.59. The molecule has 1 saturated heterocycles. The Morgan fingerprint density at radius 2 is 1.85 bits per heavy atom. The fraction of sp³-hybridized carbons (Fsp3) is 0.500. The lowest BCUT2D eigenvalue weighted by atomic mass is 9.93. The van der Waals surface area contributed by atoms with Crippen LogP contribution in [0.2, 0.25) is 0 Å². The van der Waals surface area contributed by atoms with Crippen LogP contribution in [-0.4, -0.2) is 28.9 Å². The Morgan fingerprint density at radius 1 is 1.20 bits per heavy atom. The van der Waals surface area contributed by atoms with E-state index in [1.807, 2.05) is 51.1 Å². The van der Waals surface area contributed by atoms with Gasteiger partial charge in [-0.1, -0.05) is 44.2 Å². The maximum atomic E-state index is 12.4. The summed E-state index contributed by atoms with van der Waals surface area (Å²) in [7, 11) is 0. The van der Waals surface area contributed by atoms with Crippen LogP contribution in [0, 0.1) is 5.92 Å². The molecule has 4 nitrogen and oxygen atoms in total. The Labute approximate surface area is 120 Å². The minimum Gasteiger partial charge on any atom is -0.323 e.